The van der Waals surface area contributed by atoms with Crippen molar-refractivity contribution < 1.29 is 39.5 Å². The van der Waals surface area contributed by atoms with Gasteiger partial charge in [-0.1, -0.05) is 12.8 Å². The molecule has 4 N–H and O–H groups in total. The minimum absolute atomic E-state index is 0.00218. The van der Waals surface area contributed by atoms with E-state index in [0.29, 0.717) is 25.7 Å². The maximum Gasteiger partial charge on any atom is 0.339 e. The number of carboxylic acid groups (broad SMARTS) is 2. The first-order valence-corrected chi connectivity index (χ1v) is 9.63. The summed E-state index contributed by atoms with van der Waals surface area (Å²) in [6.45, 7) is 0.787. The lowest BCUT2D eigenvalue weighted by molar-refractivity contribution is 0.0672. The van der Waals surface area contributed by atoms with Gasteiger partial charge in [0, 0.05) is 13.2 Å². The average molecular weight is 398 g/mol. The van der Waals surface area contributed by atoms with Crippen LogP contribution in [0.4, 0.5) is 0 Å². The summed E-state index contributed by atoms with van der Waals surface area (Å²) in [4.78, 5) is 23.1. The van der Waals surface area contributed by atoms with Crippen molar-refractivity contribution in [1.29, 1.82) is 0 Å². The molecule has 0 saturated heterocycles. The number of rotatable bonds is 16. The number of aliphatic hydroxyl groups is 2. The van der Waals surface area contributed by atoms with Crippen LogP contribution in [-0.4, -0.2) is 58.8 Å². The van der Waals surface area contributed by atoms with Gasteiger partial charge in [-0.15, -0.1) is 0 Å². The van der Waals surface area contributed by atoms with E-state index in [-0.39, 0.29) is 49.1 Å². The van der Waals surface area contributed by atoms with E-state index in [1.165, 1.54) is 12.1 Å². The normalized spacial score (nSPS) is 10.6. The molecule has 28 heavy (non-hydrogen) atoms. The Labute approximate surface area is 164 Å². The van der Waals surface area contributed by atoms with Crippen molar-refractivity contribution in [2.75, 3.05) is 26.4 Å². The van der Waals surface area contributed by atoms with Gasteiger partial charge in [-0.25, -0.2) is 9.59 Å². The third kappa shape index (κ3) is 8.58. The molecule has 1 rings (SSSR count). The highest BCUT2D eigenvalue weighted by Gasteiger charge is 2.21. The molecule has 0 aliphatic rings. The Morgan fingerprint density at radius 1 is 0.643 bits per heavy atom. The number of hydrogen-bond donors (Lipinski definition) is 4. The first kappa shape index (κ1) is 23.7. The summed E-state index contributed by atoms with van der Waals surface area (Å²) >= 11 is 0. The van der Waals surface area contributed by atoms with Gasteiger partial charge < -0.3 is 29.9 Å². The molecule has 0 aliphatic heterocycles. The molecule has 0 radical (unpaired) electrons. The first-order valence-electron chi connectivity index (χ1n) is 9.63. The van der Waals surface area contributed by atoms with Crippen LogP contribution in [0.5, 0.6) is 11.5 Å². The van der Waals surface area contributed by atoms with E-state index in [0.717, 1.165) is 25.7 Å². The lowest BCUT2D eigenvalue weighted by Gasteiger charge is -2.14. The van der Waals surface area contributed by atoms with Crippen molar-refractivity contribution in [2.45, 2.75) is 51.4 Å². The molecule has 0 spiro atoms. The topological polar surface area (TPSA) is 134 Å². The van der Waals surface area contributed by atoms with Gasteiger partial charge in [0.25, 0.3) is 0 Å². The first-order chi connectivity index (χ1) is 13.5. The Morgan fingerprint density at radius 2 is 1.00 bits per heavy atom. The lowest BCUT2D eigenvalue weighted by atomic mass is 10.1. The van der Waals surface area contributed by atoms with Crippen LogP contribution >= 0.6 is 0 Å². The fraction of sp³-hybridized carbons (Fsp3) is 0.600. The lowest BCUT2D eigenvalue weighted by Crippen LogP contribution is -2.10. The molecule has 0 fully saturated rings. The number of unbranched alkanes of at least 4 members (excludes halogenated alkanes) is 6. The largest absolute Gasteiger partial charge is 0.493 e. The highest BCUT2D eigenvalue weighted by atomic mass is 16.5. The fourth-order valence-electron chi connectivity index (χ4n) is 2.63. The molecule has 0 bridgehead atoms. The van der Waals surface area contributed by atoms with Gasteiger partial charge in [-0.05, 0) is 50.7 Å². The minimum atomic E-state index is -1.22. The highest BCUT2D eigenvalue weighted by molar-refractivity contribution is 5.97. The van der Waals surface area contributed by atoms with E-state index < -0.39 is 11.9 Å². The summed E-state index contributed by atoms with van der Waals surface area (Å²) in [5.41, 5.74) is -0.286. The Bertz CT molecular complexity index is 561. The maximum absolute atomic E-state index is 11.5. The van der Waals surface area contributed by atoms with Gasteiger partial charge in [0.2, 0.25) is 0 Å². The van der Waals surface area contributed by atoms with E-state index >= 15 is 0 Å². The zero-order chi connectivity index (χ0) is 20.8. The predicted octanol–water partition coefficient (Wildman–Crippen LogP) is 2.95. The van der Waals surface area contributed by atoms with Crippen molar-refractivity contribution >= 4 is 11.9 Å². The number of benzene rings is 1. The van der Waals surface area contributed by atoms with E-state index in [4.69, 9.17) is 19.7 Å². The number of hydrogen-bond acceptors (Lipinski definition) is 6. The van der Waals surface area contributed by atoms with Gasteiger partial charge in [0.05, 0.1) is 13.2 Å². The zero-order valence-electron chi connectivity index (χ0n) is 16.1. The molecule has 0 heterocycles. The fourth-order valence-corrected chi connectivity index (χ4v) is 2.63. The highest BCUT2D eigenvalue weighted by Crippen LogP contribution is 2.30. The van der Waals surface area contributed by atoms with Crippen LogP contribution in [0, 0.1) is 0 Å². The number of aliphatic hydroxyl groups excluding tert-OH is 2. The van der Waals surface area contributed by atoms with Crippen LogP contribution in [0.2, 0.25) is 0 Å². The van der Waals surface area contributed by atoms with E-state index in [2.05, 4.69) is 0 Å². The van der Waals surface area contributed by atoms with Gasteiger partial charge in [0.15, 0.2) is 0 Å². The Kier molecular flexibility index (Phi) is 11.7. The molecule has 0 unspecified atom stereocenters. The monoisotopic (exact) mass is 398 g/mol. The van der Waals surface area contributed by atoms with E-state index in [9.17, 15) is 19.8 Å². The summed E-state index contributed by atoms with van der Waals surface area (Å²) in [5, 5.41) is 36.3. The van der Waals surface area contributed by atoms with Gasteiger partial charge in [-0.3, -0.25) is 0 Å². The van der Waals surface area contributed by atoms with Crippen LogP contribution in [-0.2, 0) is 0 Å². The Morgan fingerprint density at radius 3 is 1.32 bits per heavy atom. The summed E-state index contributed by atoms with van der Waals surface area (Å²) < 4.78 is 11.0. The molecule has 8 heteroatoms. The van der Waals surface area contributed by atoms with Gasteiger partial charge >= 0.3 is 11.9 Å². The molecule has 0 aromatic heterocycles. The number of aromatic carboxylic acids is 2. The van der Waals surface area contributed by atoms with Crippen LogP contribution in [0.3, 0.4) is 0 Å². The van der Waals surface area contributed by atoms with Crippen molar-refractivity contribution in [1.82, 2.24) is 0 Å². The molecule has 0 aliphatic carbocycles. The number of ether oxygens (including phenoxy) is 2. The number of carbonyl (C=O) groups is 2. The molecular formula is C20H30O8. The molecule has 1 aromatic rings. The van der Waals surface area contributed by atoms with Crippen molar-refractivity contribution in [3.05, 3.63) is 23.3 Å². The van der Waals surface area contributed by atoms with Crippen LogP contribution in [0.25, 0.3) is 0 Å². The van der Waals surface area contributed by atoms with E-state index in [1.54, 1.807) is 0 Å². The standard InChI is InChI=1S/C20H30O8/c21-9-5-1-3-7-11-27-17-13-16(20(25)26)18(14-15(17)19(23)24)28-12-8-4-2-6-10-22/h13-14,21-22H,1-12H2,(H,23,24)(H,25,26). The quantitative estimate of drug-likeness (QED) is 0.312. The second kappa shape index (κ2) is 13.8. The molecular weight excluding hydrogens is 368 g/mol. The third-order valence-electron chi connectivity index (χ3n) is 4.16. The van der Waals surface area contributed by atoms with Crippen molar-refractivity contribution in [3.8, 4) is 11.5 Å². The van der Waals surface area contributed by atoms with Crippen LogP contribution in [0.15, 0.2) is 12.1 Å². The molecule has 0 atom stereocenters. The second-order valence-electron chi connectivity index (χ2n) is 6.43. The summed E-state index contributed by atoms with van der Waals surface area (Å²) in [6, 6.07) is 2.39. The summed E-state index contributed by atoms with van der Waals surface area (Å²) in [6.07, 6.45) is 6.10. The van der Waals surface area contributed by atoms with Crippen LogP contribution < -0.4 is 9.47 Å². The van der Waals surface area contributed by atoms with Gasteiger partial charge in [0.1, 0.15) is 22.6 Å². The SMILES string of the molecule is O=C(O)c1cc(OCCCCCCO)c(C(=O)O)cc1OCCCCCCO. The molecule has 158 valence electrons. The molecule has 0 amide bonds. The van der Waals surface area contributed by atoms with Crippen molar-refractivity contribution in [2.24, 2.45) is 0 Å². The van der Waals surface area contributed by atoms with Crippen LogP contribution in [0.1, 0.15) is 72.1 Å². The average Bonchev–Trinajstić information content (AvgIpc) is 2.67. The third-order valence-corrected chi connectivity index (χ3v) is 4.16. The molecule has 8 nitrogen and oxygen atoms in total. The minimum Gasteiger partial charge on any atom is -0.493 e. The Balaban J connectivity index is 2.77. The Hall–Kier alpha value is -2.32. The molecule has 1 aromatic carbocycles. The van der Waals surface area contributed by atoms with Crippen molar-refractivity contribution in [3.63, 3.8) is 0 Å². The summed E-state index contributed by atoms with van der Waals surface area (Å²) in [7, 11) is 0. The maximum atomic E-state index is 11.5. The second-order valence-corrected chi connectivity index (χ2v) is 6.43. The zero-order valence-corrected chi connectivity index (χ0v) is 16.1. The predicted molar refractivity (Wildman–Crippen MR) is 102 cm³/mol. The number of carboxylic acids is 2. The van der Waals surface area contributed by atoms with Gasteiger partial charge in [-0.2, -0.15) is 0 Å². The smallest absolute Gasteiger partial charge is 0.339 e. The summed E-state index contributed by atoms with van der Waals surface area (Å²) in [5.74, 6) is -2.44. The molecule has 0 saturated carbocycles. The van der Waals surface area contributed by atoms with E-state index in [1.807, 2.05) is 0 Å².